The third-order valence-corrected chi connectivity index (χ3v) is 6.33. The molecule has 102 valence electrons. The molecular weight excluding hydrogens is 306 g/mol. The number of sulfonamides is 1. The van der Waals surface area contributed by atoms with Crippen LogP contribution in [0.3, 0.4) is 0 Å². The van der Waals surface area contributed by atoms with Crippen LogP contribution in [-0.2, 0) is 23.0 Å². The highest BCUT2D eigenvalue weighted by molar-refractivity contribution is 7.91. The number of aromatic nitrogens is 2. The monoisotopic (exact) mass is 317 g/mol. The summed E-state index contributed by atoms with van der Waals surface area (Å²) >= 11 is 6.84. The summed E-state index contributed by atoms with van der Waals surface area (Å²) < 4.78 is 29.7. The van der Waals surface area contributed by atoms with Crippen molar-refractivity contribution in [1.29, 1.82) is 0 Å². The first-order chi connectivity index (χ1) is 9.04. The van der Waals surface area contributed by atoms with Gasteiger partial charge in [0.05, 0.1) is 4.34 Å². The molecule has 0 fully saturated rings. The molecule has 1 atom stereocenters. The van der Waals surface area contributed by atoms with Crippen LogP contribution >= 0.6 is 22.9 Å². The Balaban J connectivity index is 1.76. The SMILES string of the molecule is O=S(=O)(N[C@@H]1CCn2nccc2C1)c1ccc(Cl)s1. The van der Waals surface area contributed by atoms with Crippen molar-refractivity contribution in [2.45, 2.75) is 29.6 Å². The van der Waals surface area contributed by atoms with E-state index >= 15 is 0 Å². The maximum absolute atomic E-state index is 12.2. The molecule has 0 amide bonds. The highest BCUT2D eigenvalue weighted by atomic mass is 35.5. The number of rotatable bonds is 3. The lowest BCUT2D eigenvalue weighted by molar-refractivity contribution is 0.414. The van der Waals surface area contributed by atoms with Gasteiger partial charge in [-0.1, -0.05) is 11.6 Å². The second-order valence-electron chi connectivity index (χ2n) is 4.42. The zero-order valence-electron chi connectivity index (χ0n) is 9.91. The molecule has 5 nitrogen and oxygen atoms in total. The Kier molecular flexibility index (Phi) is 3.38. The summed E-state index contributed by atoms with van der Waals surface area (Å²) in [6, 6.07) is 4.96. The average molecular weight is 318 g/mol. The summed E-state index contributed by atoms with van der Waals surface area (Å²) in [6.07, 6.45) is 3.15. The van der Waals surface area contributed by atoms with E-state index in [1.807, 2.05) is 10.7 Å². The van der Waals surface area contributed by atoms with Crippen molar-refractivity contribution in [3.05, 3.63) is 34.4 Å². The lowest BCUT2D eigenvalue weighted by Gasteiger charge is -2.23. The zero-order valence-corrected chi connectivity index (χ0v) is 12.3. The van der Waals surface area contributed by atoms with E-state index in [0.29, 0.717) is 10.8 Å². The van der Waals surface area contributed by atoms with Gasteiger partial charge >= 0.3 is 0 Å². The Morgan fingerprint density at radius 2 is 2.26 bits per heavy atom. The topological polar surface area (TPSA) is 64.0 Å². The molecule has 1 aliphatic heterocycles. The van der Waals surface area contributed by atoms with Gasteiger partial charge in [-0.25, -0.2) is 13.1 Å². The lowest BCUT2D eigenvalue weighted by atomic mass is 10.1. The first-order valence-electron chi connectivity index (χ1n) is 5.83. The van der Waals surface area contributed by atoms with Crippen LogP contribution in [0.5, 0.6) is 0 Å². The number of nitrogens with zero attached hydrogens (tertiary/aromatic N) is 2. The minimum Gasteiger partial charge on any atom is -0.269 e. The second-order valence-corrected chi connectivity index (χ2v) is 8.07. The van der Waals surface area contributed by atoms with Crippen molar-refractivity contribution < 1.29 is 8.42 Å². The Labute approximate surface area is 120 Å². The van der Waals surface area contributed by atoms with Crippen LogP contribution in [0.1, 0.15) is 12.1 Å². The molecule has 3 heterocycles. The van der Waals surface area contributed by atoms with Gasteiger partial charge in [-0.05, 0) is 24.6 Å². The summed E-state index contributed by atoms with van der Waals surface area (Å²) in [5, 5.41) is 4.17. The molecule has 1 N–H and O–H groups in total. The van der Waals surface area contributed by atoms with E-state index in [0.717, 1.165) is 30.0 Å². The molecule has 0 aliphatic carbocycles. The molecule has 2 aromatic heterocycles. The fourth-order valence-corrected chi connectivity index (χ4v) is 4.96. The van der Waals surface area contributed by atoms with Crippen LogP contribution in [0.25, 0.3) is 0 Å². The predicted molar refractivity (Wildman–Crippen MR) is 74.0 cm³/mol. The fraction of sp³-hybridized carbons (Fsp3) is 0.364. The van der Waals surface area contributed by atoms with Gasteiger partial charge in [-0.2, -0.15) is 5.10 Å². The Hall–Kier alpha value is -0.890. The number of hydrogen-bond acceptors (Lipinski definition) is 4. The molecule has 0 saturated heterocycles. The van der Waals surface area contributed by atoms with E-state index in [4.69, 9.17) is 11.6 Å². The standard InChI is InChI=1S/C11H12ClN3O2S2/c12-10-1-2-11(18-10)19(16,17)14-8-4-6-15-9(7-8)3-5-13-15/h1-3,5,8,14H,4,6-7H2/t8-/m1/s1. The molecule has 1 aliphatic rings. The largest absolute Gasteiger partial charge is 0.269 e. The van der Waals surface area contributed by atoms with Gasteiger partial charge in [0.1, 0.15) is 4.21 Å². The van der Waals surface area contributed by atoms with E-state index in [9.17, 15) is 8.42 Å². The van der Waals surface area contributed by atoms with Gasteiger partial charge in [-0.15, -0.1) is 11.3 Å². The molecule has 2 aromatic rings. The Morgan fingerprint density at radius 1 is 1.42 bits per heavy atom. The van der Waals surface area contributed by atoms with Gasteiger partial charge in [0.2, 0.25) is 10.0 Å². The average Bonchev–Trinajstić information content (AvgIpc) is 2.96. The van der Waals surface area contributed by atoms with Gasteiger partial charge in [0, 0.05) is 30.9 Å². The maximum Gasteiger partial charge on any atom is 0.250 e. The van der Waals surface area contributed by atoms with Gasteiger partial charge in [0.25, 0.3) is 0 Å². The van der Waals surface area contributed by atoms with Gasteiger partial charge in [0.15, 0.2) is 0 Å². The number of halogens is 1. The van der Waals surface area contributed by atoms with E-state index in [1.54, 1.807) is 12.3 Å². The molecule has 19 heavy (non-hydrogen) atoms. The molecule has 0 bridgehead atoms. The number of aryl methyl sites for hydroxylation is 1. The zero-order chi connectivity index (χ0) is 13.5. The van der Waals surface area contributed by atoms with E-state index in [1.165, 1.54) is 6.07 Å². The van der Waals surface area contributed by atoms with Crippen LogP contribution in [0, 0.1) is 0 Å². The first kappa shape index (κ1) is 13.1. The van der Waals surface area contributed by atoms with Gasteiger partial charge < -0.3 is 0 Å². The molecule has 3 rings (SSSR count). The highest BCUT2D eigenvalue weighted by Gasteiger charge is 2.25. The number of nitrogens with one attached hydrogen (secondary N) is 1. The Bertz CT molecular complexity index is 692. The number of fused-ring (bicyclic) bond motifs is 1. The third-order valence-electron chi connectivity index (χ3n) is 3.08. The fourth-order valence-electron chi connectivity index (χ4n) is 2.19. The van der Waals surface area contributed by atoms with Crippen molar-refractivity contribution in [2.75, 3.05) is 0 Å². The number of thiophene rings is 1. The first-order valence-corrected chi connectivity index (χ1v) is 8.51. The van der Waals surface area contributed by atoms with E-state index < -0.39 is 10.0 Å². The predicted octanol–water partition coefficient (Wildman–Crippen LogP) is 1.89. The molecular formula is C11H12ClN3O2S2. The van der Waals surface area contributed by atoms with Crippen molar-refractivity contribution in [3.63, 3.8) is 0 Å². The highest BCUT2D eigenvalue weighted by Crippen LogP contribution is 2.26. The molecule has 8 heteroatoms. The lowest BCUT2D eigenvalue weighted by Crippen LogP contribution is -2.39. The van der Waals surface area contributed by atoms with Gasteiger partial charge in [-0.3, -0.25) is 4.68 Å². The van der Waals surface area contributed by atoms with Crippen molar-refractivity contribution in [1.82, 2.24) is 14.5 Å². The molecule has 0 spiro atoms. The van der Waals surface area contributed by atoms with Crippen LogP contribution in [-0.4, -0.2) is 24.2 Å². The summed E-state index contributed by atoms with van der Waals surface area (Å²) in [5.41, 5.74) is 1.06. The minimum absolute atomic E-state index is 0.0879. The quantitative estimate of drug-likeness (QED) is 0.940. The summed E-state index contributed by atoms with van der Waals surface area (Å²) in [4.78, 5) is 0. The third kappa shape index (κ3) is 2.69. The van der Waals surface area contributed by atoms with Crippen LogP contribution in [0.15, 0.2) is 28.6 Å². The van der Waals surface area contributed by atoms with E-state index in [-0.39, 0.29) is 10.3 Å². The van der Waals surface area contributed by atoms with E-state index in [2.05, 4.69) is 9.82 Å². The maximum atomic E-state index is 12.2. The summed E-state index contributed by atoms with van der Waals surface area (Å²) in [6.45, 7) is 0.737. The van der Waals surface area contributed by atoms with Crippen molar-refractivity contribution in [2.24, 2.45) is 0 Å². The molecule has 0 unspecified atom stereocenters. The summed E-state index contributed by atoms with van der Waals surface area (Å²) in [7, 11) is -3.47. The molecule has 0 radical (unpaired) electrons. The van der Waals surface area contributed by atoms with Crippen molar-refractivity contribution >= 4 is 33.0 Å². The molecule has 0 saturated carbocycles. The van der Waals surface area contributed by atoms with Crippen LogP contribution < -0.4 is 4.72 Å². The van der Waals surface area contributed by atoms with Crippen molar-refractivity contribution in [3.8, 4) is 0 Å². The smallest absolute Gasteiger partial charge is 0.250 e. The normalized spacial score (nSPS) is 19.3. The van der Waals surface area contributed by atoms with Crippen LogP contribution in [0.4, 0.5) is 0 Å². The summed E-state index contributed by atoms with van der Waals surface area (Å²) in [5.74, 6) is 0. The Morgan fingerprint density at radius 3 is 3.00 bits per heavy atom. The minimum atomic E-state index is -3.47. The molecule has 0 aromatic carbocycles. The van der Waals surface area contributed by atoms with Crippen LogP contribution in [0.2, 0.25) is 4.34 Å². The second kappa shape index (κ2) is 4.90. The number of hydrogen-bond donors (Lipinski definition) is 1.